The van der Waals surface area contributed by atoms with Crippen LogP contribution in [-0.2, 0) is 11.3 Å². The van der Waals surface area contributed by atoms with E-state index >= 15 is 0 Å². The smallest absolute Gasteiger partial charge is 0.239 e. The largest absolute Gasteiger partial charge is 0.341 e. The molecule has 0 aliphatic carbocycles. The fourth-order valence-corrected chi connectivity index (χ4v) is 2.63. The molecule has 0 spiro atoms. The monoisotopic (exact) mass is 264 g/mol. The summed E-state index contributed by atoms with van der Waals surface area (Å²) in [6.07, 6.45) is 7.24. The Morgan fingerprint density at radius 2 is 2.05 bits per heavy atom. The lowest BCUT2D eigenvalue weighted by atomic mass is 10.1. The zero-order chi connectivity index (χ0) is 13.7. The van der Waals surface area contributed by atoms with E-state index in [1.807, 2.05) is 28.8 Å². The van der Waals surface area contributed by atoms with Crippen molar-refractivity contribution < 1.29 is 4.79 Å². The summed E-state index contributed by atoms with van der Waals surface area (Å²) in [5.74, 6) is 0.229. The van der Waals surface area contributed by atoms with Gasteiger partial charge >= 0.3 is 0 Å². The highest BCUT2D eigenvalue weighted by Crippen LogP contribution is 2.10. The van der Waals surface area contributed by atoms with Gasteiger partial charge in [-0.05, 0) is 39.2 Å². The van der Waals surface area contributed by atoms with Crippen LogP contribution in [-0.4, -0.2) is 45.8 Å². The predicted octanol–water partition coefficient (Wildman–Crippen LogP) is 1.26. The molecule has 1 aromatic heterocycles. The minimum absolute atomic E-state index is 0.122. The van der Waals surface area contributed by atoms with Crippen LogP contribution < -0.4 is 5.32 Å². The average Bonchev–Trinajstić information content (AvgIpc) is 2.91. The topological polar surface area (TPSA) is 50.2 Å². The zero-order valence-electron chi connectivity index (χ0n) is 11.9. The van der Waals surface area contributed by atoms with E-state index in [0.29, 0.717) is 0 Å². The van der Waals surface area contributed by atoms with Gasteiger partial charge in [-0.15, -0.1) is 0 Å². The Kier molecular flexibility index (Phi) is 4.96. The van der Waals surface area contributed by atoms with Crippen LogP contribution in [0.4, 0.5) is 0 Å². The molecule has 2 unspecified atom stereocenters. The summed E-state index contributed by atoms with van der Waals surface area (Å²) >= 11 is 0. The van der Waals surface area contributed by atoms with E-state index in [9.17, 15) is 4.79 Å². The molecule has 2 heterocycles. The minimum Gasteiger partial charge on any atom is -0.341 e. The third kappa shape index (κ3) is 4.06. The zero-order valence-corrected chi connectivity index (χ0v) is 11.9. The second-order valence-corrected chi connectivity index (χ2v) is 5.40. The number of rotatable bonds is 5. The van der Waals surface area contributed by atoms with Crippen LogP contribution in [0.1, 0.15) is 33.1 Å². The molecule has 19 heavy (non-hydrogen) atoms. The molecule has 1 N–H and O–H groups in total. The van der Waals surface area contributed by atoms with Gasteiger partial charge < -0.3 is 10.2 Å². The van der Waals surface area contributed by atoms with Gasteiger partial charge in [-0.3, -0.25) is 9.48 Å². The summed E-state index contributed by atoms with van der Waals surface area (Å²) in [6, 6.07) is 2.02. The Morgan fingerprint density at radius 3 is 2.68 bits per heavy atom. The molecule has 5 nitrogen and oxygen atoms in total. The maximum absolute atomic E-state index is 12.3. The molecular formula is C14H24N4O. The predicted molar refractivity (Wildman–Crippen MR) is 74.7 cm³/mol. The van der Waals surface area contributed by atoms with Crippen LogP contribution >= 0.6 is 0 Å². The Morgan fingerprint density at radius 1 is 1.32 bits per heavy atom. The van der Waals surface area contributed by atoms with Crippen molar-refractivity contribution in [3.05, 3.63) is 18.5 Å². The third-order valence-electron chi connectivity index (χ3n) is 3.59. The van der Waals surface area contributed by atoms with Gasteiger partial charge in [-0.2, -0.15) is 5.10 Å². The highest BCUT2D eigenvalue weighted by atomic mass is 16.2. The minimum atomic E-state index is -0.122. The van der Waals surface area contributed by atoms with Crippen molar-refractivity contribution in [1.82, 2.24) is 20.0 Å². The number of carbonyl (C=O) groups excluding carboxylic acids is 1. The Balaban J connectivity index is 1.78. The van der Waals surface area contributed by atoms with Gasteiger partial charge in [0, 0.05) is 31.5 Å². The van der Waals surface area contributed by atoms with Crippen LogP contribution in [0.15, 0.2) is 18.5 Å². The number of likely N-dealkylation sites (tertiary alicyclic amines) is 1. The summed E-state index contributed by atoms with van der Waals surface area (Å²) in [6.45, 7) is 6.65. The maximum atomic E-state index is 12.3. The van der Waals surface area contributed by atoms with E-state index in [4.69, 9.17) is 0 Å². The number of piperidine rings is 1. The fraction of sp³-hybridized carbons (Fsp3) is 0.714. The van der Waals surface area contributed by atoms with E-state index < -0.39 is 0 Å². The Labute approximate surface area is 115 Å². The Bertz CT molecular complexity index is 384. The number of amides is 1. The third-order valence-corrected chi connectivity index (χ3v) is 3.59. The molecule has 2 atom stereocenters. The second-order valence-electron chi connectivity index (χ2n) is 5.40. The first-order chi connectivity index (χ1) is 9.16. The van der Waals surface area contributed by atoms with Crippen molar-refractivity contribution in [2.24, 2.45) is 0 Å². The summed E-state index contributed by atoms with van der Waals surface area (Å²) < 4.78 is 1.88. The van der Waals surface area contributed by atoms with Crippen LogP contribution in [0, 0.1) is 0 Å². The molecule has 2 rings (SSSR count). The van der Waals surface area contributed by atoms with Crippen molar-refractivity contribution in [3.8, 4) is 0 Å². The fourth-order valence-electron chi connectivity index (χ4n) is 2.63. The highest BCUT2D eigenvalue weighted by Gasteiger charge is 2.22. The van der Waals surface area contributed by atoms with Gasteiger partial charge in [0.15, 0.2) is 0 Å². The van der Waals surface area contributed by atoms with Gasteiger partial charge in [0.05, 0.1) is 12.6 Å². The molecule has 1 amide bonds. The number of hydrogen-bond donors (Lipinski definition) is 1. The lowest BCUT2D eigenvalue weighted by molar-refractivity contribution is -0.134. The molecule has 0 aromatic carbocycles. The van der Waals surface area contributed by atoms with Crippen molar-refractivity contribution in [3.63, 3.8) is 0 Å². The second kappa shape index (κ2) is 6.70. The summed E-state index contributed by atoms with van der Waals surface area (Å²) in [7, 11) is 0. The number of nitrogens with zero attached hydrogens (tertiary/aromatic N) is 3. The van der Waals surface area contributed by atoms with Crippen LogP contribution in [0.2, 0.25) is 0 Å². The number of aromatic nitrogens is 2. The molecule has 106 valence electrons. The van der Waals surface area contributed by atoms with Gasteiger partial charge in [-0.1, -0.05) is 0 Å². The van der Waals surface area contributed by atoms with Crippen molar-refractivity contribution in [2.45, 2.75) is 51.7 Å². The quantitative estimate of drug-likeness (QED) is 0.871. The molecule has 0 bridgehead atoms. The Hall–Kier alpha value is -1.36. The summed E-state index contributed by atoms with van der Waals surface area (Å²) in [4.78, 5) is 14.3. The molecule has 1 aliphatic heterocycles. The molecule has 1 fully saturated rings. The number of carbonyl (C=O) groups is 1. The van der Waals surface area contributed by atoms with Crippen LogP contribution in [0.3, 0.4) is 0 Å². The van der Waals surface area contributed by atoms with Crippen molar-refractivity contribution in [1.29, 1.82) is 0 Å². The molecule has 1 saturated heterocycles. The molecule has 5 heteroatoms. The van der Waals surface area contributed by atoms with Crippen molar-refractivity contribution in [2.75, 3.05) is 13.1 Å². The van der Waals surface area contributed by atoms with E-state index in [0.717, 1.165) is 32.5 Å². The lowest BCUT2D eigenvalue weighted by Crippen LogP contribution is -2.49. The summed E-state index contributed by atoms with van der Waals surface area (Å²) in [5, 5.41) is 7.54. The van der Waals surface area contributed by atoms with E-state index in [1.54, 1.807) is 6.20 Å². The van der Waals surface area contributed by atoms with E-state index in [1.165, 1.54) is 6.42 Å². The highest BCUT2D eigenvalue weighted by molar-refractivity contribution is 5.81. The molecule has 0 saturated carbocycles. The average molecular weight is 264 g/mol. The van der Waals surface area contributed by atoms with Crippen LogP contribution in [0.25, 0.3) is 0 Å². The van der Waals surface area contributed by atoms with Crippen molar-refractivity contribution >= 4 is 5.91 Å². The van der Waals surface area contributed by atoms with Crippen LogP contribution in [0.5, 0.6) is 0 Å². The molecule has 0 radical (unpaired) electrons. The summed E-state index contributed by atoms with van der Waals surface area (Å²) in [5.41, 5.74) is 0. The molecule has 1 aliphatic rings. The first kappa shape index (κ1) is 14.1. The molecule has 1 aromatic rings. The molecular weight excluding hydrogens is 240 g/mol. The van der Waals surface area contributed by atoms with Gasteiger partial charge in [0.1, 0.15) is 0 Å². The first-order valence-corrected chi connectivity index (χ1v) is 7.19. The lowest BCUT2D eigenvalue weighted by Gasteiger charge is -2.30. The van der Waals surface area contributed by atoms with Gasteiger partial charge in [0.25, 0.3) is 0 Å². The first-order valence-electron chi connectivity index (χ1n) is 7.19. The van der Waals surface area contributed by atoms with Gasteiger partial charge in [0.2, 0.25) is 5.91 Å². The normalized spacial score (nSPS) is 19.2. The SMILES string of the molecule is CC(Cn1cccn1)NC(C)C(=O)N1CCCCC1. The van der Waals surface area contributed by atoms with Gasteiger partial charge in [-0.25, -0.2) is 0 Å². The van der Waals surface area contributed by atoms with E-state index in [2.05, 4.69) is 17.3 Å². The maximum Gasteiger partial charge on any atom is 0.239 e. The standard InChI is InChI=1S/C14H24N4O/c1-12(11-18-10-6-7-15-18)16-13(2)14(19)17-8-4-3-5-9-17/h6-7,10,12-13,16H,3-5,8-9,11H2,1-2H3. The number of hydrogen-bond acceptors (Lipinski definition) is 3. The van der Waals surface area contributed by atoms with E-state index in [-0.39, 0.29) is 18.0 Å². The number of nitrogens with one attached hydrogen (secondary N) is 1.